The van der Waals surface area contributed by atoms with E-state index in [2.05, 4.69) is 20.1 Å². The molecule has 0 radical (unpaired) electrons. The second-order valence-electron chi connectivity index (χ2n) is 2.98. The van der Waals surface area contributed by atoms with E-state index in [9.17, 15) is 4.79 Å². The minimum atomic E-state index is -0.450. The van der Waals surface area contributed by atoms with Gasteiger partial charge >= 0.3 is 0 Å². The minimum absolute atomic E-state index is 0.144. The van der Waals surface area contributed by atoms with Crippen molar-refractivity contribution in [3.05, 3.63) is 29.8 Å². The fourth-order valence-corrected chi connectivity index (χ4v) is 1.17. The van der Waals surface area contributed by atoms with Gasteiger partial charge in [0.2, 0.25) is 0 Å². The zero-order valence-electron chi connectivity index (χ0n) is 8.34. The molecule has 0 aliphatic carbocycles. The molecule has 16 heavy (non-hydrogen) atoms. The third kappa shape index (κ3) is 1.64. The average Bonchev–Trinajstić information content (AvgIpc) is 2.89. The third-order valence-electron chi connectivity index (χ3n) is 1.96. The van der Waals surface area contributed by atoms with Crippen LogP contribution in [0.4, 0.5) is 5.82 Å². The molecule has 0 saturated heterocycles. The third-order valence-corrected chi connectivity index (χ3v) is 1.96. The highest BCUT2D eigenvalue weighted by atomic mass is 16.5. The quantitative estimate of drug-likeness (QED) is 0.791. The number of nitriles is 1. The summed E-state index contributed by atoms with van der Waals surface area (Å²) in [6, 6.07) is 3.35. The molecule has 0 bridgehead atoms. The summed E-state index contributed by atoms with van der Waals surface area (Å²) in [7, 11) is 1.62. The van der Waals surface area contributed by atoms with Crippen molar-refractivity contribution < 1.29 is 9.32 Å². The monoisotopic (exact) mass is 217 g/mol. The Hall–Kier alpha value is -2.62. The van der Waals surface area contributed by atoms with Gasteiger partial charge in [0, 0.05) is 13.1 Å². The number of carbonyl (C=O) groups is 1. The lowest BCUT2D eigenvalue weighted by molar-refractivity contribution is 0.101. The van der Waals surface area contributed by atoms with E-state index in [-0.39, 0.29) is 5.69 Å². The Morgan fingerprint density at radius 3 is 3.12 bits per heavy atom. The molecule has 0 saturated carbocycles. The maximum Gasteiger partial charge on any atom is 0.279 e. The first kappa shape index (κ1) is 9.92. The van der Waals surface area contributed by atoms with Crippen molar-refractivity contribution in [1.29, 1.82) is 5.26 Å². The van der Waals surface area contributed by atoms with Gasteiger partial charge in [0.15, 0.2) is 5.69 Å². The topological polar surface area (TPSA) is 96.7 Å². The van der Waals surface area contributed by atoms with E-state index in [0.717, 1.165) is 0 Å². The van der Waals surface area contributed by atoms with Crippen LogP contribution in [-0.2, 0) is 7.05 Å². The van der Waals surface area contributed by atoms with Crippen molar-refractivity contribution >= 4 is 11.7 Å². The predicted molar refractivity (Wildman–Crippen MR) is 52.4 cm³/mol. The summed E-state index contributed by atoms with van der Waals surface area (Å²) in [6.45, 7) is 0. The van der Waals surface area contributed by atoms with Crippen molar-refractivity contribution in [3.63, 3.8) is 0 Å². The summed E-state index contributed by atoms with van der Waals surface area (Å²) >= 11 is 0. The summed E-state index contributed by atoms with van der Waals surface area (Å²) < 4.78 is 5.94. The van der Waals surface area contributed by atoms with Crippen LogP contribution in [0.5, 0.6) is 0 Å². The molecular weight excluding hydrogens is 210 g/mol. The second kappa shape index (κ2) is 3.86. The van der Waals surface area contributed by atoms with E-state index in [4.69, 9.17) is 5.26 Å². The van der Waals surface area contributed by atoms with Crippen LogP contribution in [0, 0.1) is 11.3 Å². The van der Waals surface area contributed by atoms with Gasteiger partial charge in [-0.3, -0.25) is 9.48 Å². The molecule has 1 N–H and O–H groups in total. The number of hydrogen-bond acceptors (Lipinski definition) is 5. The van der Waals surface area contributed by atoms with Crippen LogP contribution in [0.15, 0.2) is 23.0 Å². The maximum atomic E-state index is 11.6. The van der Waals surface area contributed by atoms with Crippen LogP contribution < -0.4 is 5.32 Å². The summed E-state index contributed by atoms with van der Waals surface area (Å²) in [5.74, 6) is -0.121. The molecule has 0 spiro atoms. The van der Waals surface area contributed by atoms with E-state index < -0.39 is 5.91 Å². The number of nitrogens with one attached hydrogen (secondary N) is 1. The fourth-order valence-electron chi connectivity index (χ4n) is 1.17. The summed E-state index contributed by atoms with van der Waals surface area (Å²) in [6.07, 6.45) is 2.67. The van der Waals surface area contributed by atoms with Gasteiger partial charge in [-0.25, -0.2) is 0 Å². The molecule has 2 aromatic rings. The molecule has 2 aromatic heterocycles. The maximum absolute atomic E-state index is 11.6. The van der Waals surface area contributed by atoms with E-state index in [1.54, 1.807) is 7.05 Å². The van der Waals surface area contributed by atoms with Gasteiger partial charge in [-0.05, 0) is 0 Å². The van der Waals surface area contributed by atoms with E-state index in [0.29, 0.717) is 11.4 Å². The predicted octanol–water partition coefficient (Wildman–Crippen LogP) is 0.532. The Labute approximate surface area is 90.3 Å². The highest BCUT2D eigenvalue weighted by Gasteiger charge is 2.14. The molecule has 7 heteroatoms. The van der Waals surface area contributed by atoms with Crippen LogP contribution in [0.2, 0.25) is 0 Å². The first-order chi connectivity index (χ1) is 7.72. The Bertz CT molecular complexity index is 549. The lowest BCUT2D eigenvalue weighted by Crippen LogP contribution is -2.15. The molecule has 0 fully saturated rings. The van der Waals surface area contributed by atoms with Crippen molar-refractivity contribution in [3.8, 4) is 6.07 Å². The molecule has 2 heterocycles. The SMILES string of the molecule is Cn1ncc(C#N)c1NC(=O)c1ccon1. The molecule has 80 valence electrons. The molecule has 0 aliphatic rings. The molecular formula is C9H7N5O2. The molecule has 1 amide bonds. The highest BCUT2D eigenvalue weighted by Crippen LogP contribution is 2.13. The van der Waals surface area contributed by atoms with Gasteiger partial charge in [0.25, 0.3) is 5.91 Å². The first-order valence-corrected chi connectivity index (χ1v) is 4.36. The number of hydrogen-bond donors (Lipinski definition) is 1. The van der Waals surface area contributed by atoms with Gasteiger partial charge in [-0.2, -0.15) is 10.4 Å². The minimum Gasteiger partial charge on any atom is -0.364 e. The Kier molecular flexibility index (Phi) is 2.39. The molecule has 7 nitrogen and oxygen atoms in total. The van der Waals surface area contributed by atoms with Crippen molar-refractivity contribution in [2.45, 2.75) is 0 Å². The number of amides is 1. The van der Waals surface area contributed by atoms with Crippen molar-refractivity contribution in [2.75, 3.05) is 5.32 Å². The molecule has 0 unspecified atom stereocenters. The standard InChI is InChI=1S/C9H7N5O2/c1-14-8(6(4-10)5-11-14)12-9(15)7-2-3-16-13-7/h2-3,5H,1H3,(H,12,15). The second-order valence-corrected chi connectivity index (χ2v) is 2.98. The van der Waals surface area contributed by atoms with E-state index in [1.807, 2.05) is 6.07 Å². The van der Waals surface area contributed by atoms with Crippen molar-refractivity contribution in [1.82, 2.24) is 14.9 Å². The zero-order valence-corrected chi connectivity index (χ0v) is 8.34. The molecule has 0 aliphatic heterocycles. The Morgan fingerprint density at radius 2 is 2.50 bits per heavy atom. The van der Waals surface area contributed by atoms with Gasteiger partial charge in [0.05, 0.1) is 6.20 Å². The van der Waals surface area contributed by atoms with Gasteiger partial charge < -0.3 is 9.84 Å². The van der Waals surface area contributed by atoms with E-state index in [1.165, 1.54) is 23.2 Å². The lowest BCUT2D eigenvalue weighted by Gasteiger charge is -2.02. The van der Waals surface area contributed by atoms with Crippen LogP contribution in [0.3, 0.4) is 0 Å². The van der Waals surface area contributed by atoms with Crippen LogP contribution in [0.25, 0.3) is 0 Å². The molecule has 0 aromatic carbocycles. The number of anilines is 1. The Morgan fingerprint density at radius 1 is 1.69 bits per heavy atom. The normalized spacial score (nSPS) is 9.75. The lowest BCUT2D eigenvalue weighted by atomic mass is 10.3. The zero-order chi connectivity index (χ0) is 11.5. The van der Waals surface area contributed by atoms with Crippen LogP contribution >= 0.6 is 0 Å². The largest absolute Gasteiger partial charge is 0.364 e. The Balaban J connectivity index is 2.25. The van der Waals surface area contributed by atoms with Crippen LogP contribution in [0.1, 0.15) is 16.1 Å². The van der Waals surface area contributed by atoms with Gasteiger partial charge in [-0.1, -0.05) is 5.16 Å². The summed E-state index contributed by atoms with van der Waals surface area (Å²) in [4.78, 5) is 11.6. The first-order valence-electron chi connectivity index (χ1n) is 4.36. The summed E-state index contributed by atoms with van der Waals surface area (Å²) in [5, 5.41) is 18.7. The number of nitrogens with zero attached hydrogens (tertiary/aromatic N) is 4. The number of rotatable bonds is 2. The highest BCUT2D eigenvalue weighted by molar-refractivity contribution is 6.02. The number of aryl methyl sites for hydroxylation is 1. The molecule has 2 rings (SSSR count). The number of carbonyl (C=O) groups excluding carboxylic acids is 1. The van der Waals surface area contributed by atoms with E-state index >= 15 is 0 Å². The smallest absolute Gasteiger partial charge is 0.279 e. The van der Waals surface area contributed by atoms with Gasteiger partial charge in [-0.15, -0.1) is 0 Å². The van der Waals surface area contributed by atoms with Crippen molar-refractivity contribution in [2.24, 2.45) is 7.05 Å². The number of aromatic nitrogens is 3. The summed E-state index contributed by atoms with van der Waals surface area (Å²) in [5.41, 5.74) is 0.435. The molecule has 0 atom stereocenters. The fraction of sp³-hybridized carbons (Fsp3) is 0.111. The van der Waals surface area contributed by atoms with Gasteiger partial charge in [0.1, 0.15) is 23.7 Å². The van der Waals surface area contributed by atoms with Crippen LogP contribution in [-0.4, -0.2) is 20.8 Å². The average molecular weight is 217 g/mol.